The first-order valence-corrected chi connectivity index (χ1v) is 7.77. The Labute approximate surface area is 135 Å². The SMILES string of the molecule is CCC(C)C(O)CNC(=O)C(=O)Nc1ccc2ccccc2c1. The lowest BCUT2D eigenvalue weighted by atomic mass is 10.0. The summed E-state index contributed by atoms with van der Waals surface area (Å²) in [5, 5.41) is 16.9. The van der Waals surface area contributed by atoms with Crippen molar-refractivity contribution in [2.24, 2.45) is 5.92 Å². The minimum absolute atomic E-state index is 0.0684. The second kappa shape index (κ2) is 7.74. The Balaban J connectivity index is 1.93. The van der Waals surface area contributed by atoms with E-state index >= 15 is 0 Å². The molecule has 2 amide bonds. The quantitative estimate of drug-likeness (QED) is 0.741. The van der Waals surface area contributed by atoms with E-state index in [-0.39, 0.29) is 12.5 Å². The highest BCUT2D eigenvalue weighted by Gasteiger charge is 2.17. The lowest BCUT2D eigenvalue weighted by Crippen LogP contribution is -2.41. The van der Waals surface area contributed by atoms with E-state index in [1.165, 1.54) is 0 Å². The molecule has 0 radical (unpaired) electrons. The summed E-state index contributed by atoms with van der Waals surface area (Å²) in [5.74, 6) is -1.42. The van der Waals surface area contributed by atoms with Crippen LogP contribution in [-0.2, 0) is 9.59 Å². The second-order valence-corrected chi connectivity index (χ2v) is 5.68. The van der Waals surface area contributed by atoms with E-state index < -0.39 is 17.9 Å². The van der Waals surface area contributed by atoms with Gasteiger partial charge in [-0.1, -0.05) is 50.6 Å². The van der Waals surface area contributed by atoms with Gasteiger partial charge in [-0.15, -0.1) is 0 Å². The maximum Gasteiger partial charge on any atom is 0.313 e. The normalized spacial score (nSPS) is 13.3. The Morgan fingerprint density at radius 1 is 1.09 bits per heavy atom. The van der Waals surface area contributed by atoms with Crippen molar-refractivity contribution in [3.05, 3.63) is 42.5 Å². The van der Waals surface area contributed by atoms with Crippen molar-refractivity contribution in [2.45, 2.75) is 26.4 Å². The predicted molar refractivity (Wildman–Crippen MR) is 91.0 cm³/mol. The Kier molecular flexibility index (Phi) is 5.71. The van der Waals surface area contributed by atoms with Gasteiger partial charge in [-0.25, -0.2) is 0 Å². The van der Waals surface area contributed by atoms with Crippen LogP contribution in [0.2, 0.25) is 0 Å². The molecule has 0 aromatic heterocycles. The molecule has 2 aromatic carbocycles. The number of benzene rings is 2. The molecule has 0 spiro atoms. The summed E-state index contributed by atoms with van der Waals surface area (Å²) >= 11 is 0. The van der Waals surface area contributed by atoms with Crippen LogP contribution < -0.4 is 10.6 Å². The number of hydrogen-bond acceptors (Lipinski definition) is 3. The molecule has 23 heavy (non-hydrogen) atoms. The van der Waals surface area contributed by atoms with Gasteiger partial charge in [-0.05, 0) is 28.8 Å². The first kappa shape index (κ1) is 17.0. The van der Waals surface area contributed by atoms with Crippen LogP contribution in [0.25, 0.3) is 10.8 Å². The van der Waals surface area contributed by atoms with E-state index in [1.807, 2.05) is 50.2 Å². The number of fused-ring (bicyclic) bond motifs is 1. The molecule has 0 saturated heterocycles. The van der Waals surface area contributed by atoms with E-state index in [0.717, 1.165) is 17.2 Å². The zero-order valence-corrected chi connectivity index (χ0v) is 13.4. The number of aliphatic hydroxyl groups is 1. The van der Waals surface area contributed by atoms with Crippen molar-refractivity contribution in [1.82, 2.24) is 5.32 Å². The largest absolute Gasteiger partial charge is 0.391 e. The van der Waals surface area contributed by atoms with Gasteiger partial charge in [0.15, 0.2) is 0 Å². The lowest BCUT2D eigenvalue weighted by molar-refractivity contribution is -0.136. The first-order chi connectivity index (χ1) is 11.0. The van der Waals surface area contributed by atoms with Gasteiger partial charge in [0, 0.05) is 12.2 Å². The number of amides is 2. The van der Waals surface area contributed by atoms with Crippen LogP contribution in [0.1, 0.15) is 20.3 Å². The van der Waals surface area contributed by atoms with Gasteiger partial charge in [-0.3, -0.25) is 9.59 Å². The minimum atomic E-state index is -0.750. The molecule has 0 aliphatic carbocycles. The topological polar surface area (TPSA) is 78.4 Å². The van der Waals surface area contributed by atoms with Gasteiger partial charge in [-0.2, -0.15) is 0 Å². The Bertz CT molecular complexity index is 699. The predicted octanol–water partition coefficient (Wildman–Crippen LogP) is 2.30. The molecule has 0 aliphatic rings. The Morgan fingerprint density at radius 2 is 1.78 bits per heavy atom. The maximum atomic E-state index is 11.9. The number of aliphatic hydroxyl groups excluding tert-OH is 1. The summed E-state index contributed by atoms with van der Waals surface area (Å²) in [5.41, 5.74) is 0.561. The molecule has 0 saturated carbocycles. The lowest BCUT2D eigenvalue weighted by Gasteiger charge is -2.17. The zero-order valence-electron chi connectivity index (χ0n) is 13.4. The van der Waals surface area contributed by atoms with E-state index in [2.05, 4.69) is 10.6 Å². The summed E-state index contributed by atoms with van der Waals surface area (Å²) in [4.78, 5) is 23.7. The van der Waals surface area contributed by atoms with Crippen molar-refractivity contribution in [3.63, 3.8) is 0 Å². The van der Waals surface area contributed by atoms with Crippen molar-refractivity contribution in [2.75, 3.05) is 11.9 Å². The number of nitrogens with one attached hydrogen (secondary N) is 2. The number of anilines is 1. The van der Waals surface area contributed by atoms with Gasteiger partial charge in [0.1, 0.15) is 0 Å². The molecule has 0 bridgehead atoms. The highest BCUT2D eigenvalue weighted by Crippen LogP contribution is 2.18. The van der Waals surface area contributed by atoms with Crippen molar-refractivity contribution >= 4 is 28.3 Å². The fraction of sp³-hybridized carbons (Fsp3) is 0.333. The van der Waals surface area contributed by atoms with E-state index in [0.29, 0.717) is 5.69 Å². The highest BCUT2D eigenvalue weighted by atomic mass is 16.3. The smallest absolute Gasteiger partial charge is 0.313 e. The van der Waals surface area contributed by atoms with Gasteiger partial charge >= 0.3 is 11.8 Å². The Hall–Kier alpha value is -2.40. The van der Waals surface area contributed by atoms with Crippen LogP contribution in [0, 0.1) is 5.92 Å². The fourth-order valence-corrected chi connectivity index (χ4v) is 2.21. The summed E-state index contributed by atoms with van der Waals surface area (Å²) < 4.78 is 0. The van der Waals surface area contributed by atoms with Crippen LogP contribution in [-0.4, -0.2) is 29.6 Å². The highest BCUT2D eigenvalue weighted by molar-refractivity contribution is 6.39. The van der Waals surface area contributed by atoms with Gasteiger partial charge in [0.2, 0.25) is 0 Å². The van der Waals surface area contributed by atoms with Crippen LogP contribution in [0.4, 0.5) is 5.69 Å². The van der Waals surface area contributed by atoms with Crippen molar-refractivity contribution in [3.8, 4) is 0 Å². The molecule has 0 fully saturated rings. The molecule has 2 atom stereocenters. The minimum Gasteiger partial charge on any atom is -0.391 e. The first-order valence-electron chi connectivity index (χ1n) is 7.77. The average Bonchev–Trinajstić information content (AvgIpc) is 2.58. The number of carbonyl (C=O) groups is 2. The van der Waals surface area contributed by atoms with Gasteiger partial charge in [0.05, 0.1) is 6.10 Å². The molecule has 3 N–H and O–H groups in total. The van der Waals surface area contributed by atoms with E-state index in [4.69, 9.17) is 0 Å². The maximum absolute atomic E-state index is 11.9. The molecule has 2 aromatic rings. The zero-order chi connectivity index (χ0) is 16.8. The summed E-state index contributed by atoms with van der Waals surface area (Å²) in [7, 11) is 0. The van der Waals surface area contributed by atoms with Crippen LogP contribution in [0.15, 0.2) is 42.5 Å². The average molecular weight is 314 g/mol. The monoisotopic (exact) mass is 314 g/mol. The molecule has 122 valence electrons. The van der Waals surface area contributed by atoms with Crippen molar-refractivity contribution < 1.29 is 14.7 Å². The van der Waals surface area contributed by atoms with E-state index in [9.17, 15) is 14.7 Å². The fourth-order valence-electron chi connectivity index (χ4n) is 2.21. The Morgan fingerprint density at radius 3 is 2.48 bits per heavy atom. The standard InChI is InChI=1S/C18H22N2O3/c1-3-12(2)16(21)11-19-17(22)18(23)20-15-9-8-13-6-4-5-7-14(13)10-15/h4-10,12,16,21H,3,11H2,1-2H3,(H,19,22)(H,20,23). The molecule has 2 rings (SSSR count). The van der Waals surface area contributed by atoms with Crippen molar-refractivity contribution in [1.29, 1.82) is 0 Å². The van der Waals surface area contributed by atoms with Gasteiger partial charge < -0.3 is 15.7 Å². The van der Waals surface area contributed by atoms with E-state index in [1.54, 1.807) is 6.07 Å². The number of hydrogen-bond donors (Lipinski definition) is 3. The number of rotatable bonds is 5. The molecule has 5 nitrogen and oxygen atoms in total. The molecule has 2 unspecified atom stereocenters. The van der Waals surface area contributed by atoms with Crippen LogP contribution >= 0.6 is 0 Å². The molecule has 0 aliphatic heterocycles. The summed E-state index contributed by atoms with van der Waals surface area (Å²) in [6, 6.07) is 13.2. The number of carbonyl (C=O) groups excluding carboxylic acids is 2. The molecule has 5 heteroatoms. The third-order valence-electron chi connectivity index (χ3n) is 3.99. The second-order valence-electron chi connectivity index (χ2n) is 5.68. The summed E-state index contributed by atoms with van der Waals surface area (Å²) in [6.45, 7) is 3.92. The third-order valence-corrected chi connectivity index (χ3v) is 3.99. The molecular weight excluding hydrogens is 292 g/mol. The molecular formula is C18H22N2O3. The van der Waals surface area contributed by atoms with Crippen LogP contribution in [0.5, 0.6) is 0 Å². The third kappa shape index (κ3) is 4.53. The summed E-state index contributed by atoms with van der Waals surface area (Å²) in [6.07, 6.45) is 0.151. The van der Waals surface area contributed by atoms with Crippen LogP contribution in [0.3, 0.4) is 0 Å². The van der Waals surface area contributed by atoms with Gasteiger partial charge in [0.25, 0.3) is 0 Å². The molecule has 0 heterocycles.